The molecule has 0 atom stereocenters. The number of hydrogen-bond donors (Lipinski definition) is 0. The number of rotatable bonds is 3. The van der Waals surface area contributed by atoms with Gasteiger partial charge < -0.3 is 17.7 Å². The third-order valence-corrected chi connectivity index (χ3v) is 1.25. The lowest BCUT2D eigenvalue weighted by Gasteiger charge is -2.14. The molecule has 1 nitrogen and oxygen atoms in total. The number of benzene rings is 1. The topological polar surface area (TPSA) is 9.23 Å². The maximum Gasteiger partial charge on any atom is 0.515 e. The van der Waals surface area contributed by atoms with Gasteiger partial charge >= 0.3 is 6.98 Å². The Kier molecular flexibility index (Phi) is 2.80. The molecule has 13 heavy (non-hydrogen) atoms. The van der Waals surface area contributed by atoms with Crippen LogP contribution in [0.4, 0.5) is 17.3 Å². The minimum atomic E-state index is -4.95. The van der Waals surface area contributed by atoms with E-state index in [1.165, 1.54) is 0 Å². The van der Waals surface area contributed by atoms with Crippen LogP contribution in [0.5, 0.6) is 5.75 Å². The predicted octanol–water partition coefficient (Wildman–Crippen LogP) is 2.59. The second-order valence-electron chi connectivity index (χ2n) is 2.48. The van der Waals surface area contributed by atoms with Gasteiger partial charge in [0.05, 0.1) is 6.51 Å². The standard InChI is InChI=1S/C7H6BF4O/c9-6-1-3-7(4-2-6)13-5-8(10,11)12/h1-4H,5H2/q-1. The highest BCUT2D eigenvalue weighted by Crippen LogP contribution is 2.14. The lowest BCUT2D eigenvalue weighted by Crippen LogP contribution is -2.26. The van der Waals surface area contributed by atoms with Crippen molar-refractivity contribution in [3.8, 4) is 5.75 Å². The lowest BCUT2D eigenvalue weighted by molar-refractivity contribution is 0.313. The summed E-state index contributed by atoms with van der Waals surface area (Å²) in [5.41, 5.74) is 0. The van der Waals surface area contributed by atoms with E-state index in [1.807, 2.05) is 0 Å². The van der Waals surface area contributed by atoms with Crippen molar-refractivity contribution in [2.75, 3.05) is 6.51 Å². The molecular formula is C7H6BF4O-. The quantitative estimate of drug-likeness (QED) is 0.529. The molecule has 0 N–H and O–H groups in total. The Morgan fingerprint density at radius 1 is 1.08 bits per heavy atom. The summed E-state index contributed by atoms with van der Waals surface area (Å²) in [5.74, 6) is -0.495. The van der Waals surface area contributed by atoms with Gasteiger partial charge in [0, 0.05) is 0 Å². The third kappa shape index (κ3) is 3.82. The summed E-state index contributed by atoms with van der Waals surface area (Å²) < 4.78 is 51.7. The van der Waals surface area contributed by atoms with Crippen LogP contribution in [0.15, 0.2) is 24.3 Å². The van der Waals surface area contributed by atoms with Crippen molar-refractivity contribution in [1.29, 1.82) is 0 Å². The lowest BCUT2D eigenvalue weighted by atomic mass is 9.95. The molecule has 0 unspecified atom stereocenters. The zero-order valence-electron chi connectivity index (χ0n) is 6.51. The summed E-state index contributed by atoms with van der Waals surface area (Å²) in [6.07, 6.45) is 0. The molecule has 1 rings (SSSR count). The monoisotopic (exact) mass is 193 g/mol. The van der Waals surface area contributed by atoms with Gasteiger partial charge in [0.2, 0.25) is 0 Å². The highest BCUT2D eigenvalue weighted by atomic mass is 19.4. The van der Waals surface area contributed by atoms with Crippen LogP contribution >= 0.6 is 0 Å². The fraction of sp³-hybridized carbons (Fsp3) is 0.143. The molecule has 0 fully saturated rings. The summed E-state index contributed by atoms with van der Waals surface area (Å²) in [6.45, 7) is -6.25. The molecule has 0 aliphatic rings. The maximum atomic E-state index is 12.3. The first-order chi connectivity index (χ1) is 5.97. The van der Waals surface area contributed by atoms with Crippen LogP contribution in [0, 0.1) is 5.82 Å². The van der Waals surface area contributed by atoms with Crippen LogP contribution in [-0.2, 0) is 0 Å². The molecule has 1 aromatic carbocycles. The minimum Gasteiger partial charge on any atom is -0.522 e. The fourth-order valence-electron chi connectivity index (χ4n) is 0.722. The number of ether oxygens (including phenoxy) is 1. The smallest absolute Gasteiger partial charge is 0.515 e. The summed E-state index contributed by atoms with van der Waals surface area (Å²) >= 11 is 0. The molecule has 0 aromatic heterocycles. The Morgan fingerprint density at radius 3 is 2.08 bits per heavy atom. The van der Waals surface area contributed by atoms with Gasteiger partial charge in [0.25, 0.3) is 0 Å². The van der Waals surface area contributed by atoms with Crippen molar-refractivity contribution in [3.05, 3.63) is 30.1 Å². The van der Waals surface area contributed by atoms with Crippen LogP contribution in [-0.4, -0.2) is 13.5 Å². The fourth-order valence-corrected chi connectivity index (χ4v) is 0.722. The molecule has 0 saturated carbocycles. The summed E-state index contributed by atoms with van der Waals surface area (Å²) in [6, 6.07) is 4.38. The molecule has 0 amide bonds. The van der Waals surface area contributed by atoms with Crippen LogP contribution in [0.1, 0.15) is 0 Å². The Balaban J connectivity index is 2.51. The van der Waals surface area contributed by atoms with Gasteiger partial charge in [0.15, 0.2) is 0 Å². The van der Waals surface area contributed by atoms with Crippen LogP contribution < -0.4 is 4.74 Å². The Labute approximate surface area is 72.4 Å². The van der Waals surface area contributed by atoms with E-state index in [2.05, 4.69) is 4.74 Å². The van der Waals surface area contributed by atoms with Crippen molar-refractivity contribution in [1.82, 2.24) is 0 Å². The first-order valence-corrected chi connectivity index (χ1v) is 3.57. The van der Waals surface area contributed by atoms with E-state index in [4.69, 9.17) is 0 Å². The zero-order chi connectivity index (χ0) is 9.90. The molecular weight excluding hydrogens is 187 g/mol. The molecule has 0 heterocycles. The summed E-state index contributed by atoms with van der Waals surface area (Å²) in [7, 11) is 0. The Bertz CT molecular complexity index is 269. The average Bonchev–Trinajstić information content (AvgIpc) is 2.02. The van der Waals surface area contributed by atoms with Gasteiger partial charge in [-0.25, -0.2) is 4.39 Å². The summed E-state index contributed by atoms with van der Waals surface area (Å²) in [4.78, 5) is 0. The van der Waals surface area contributed by atoms with E-state index in [-0.39, 0.29) is 5.75 Å². The van der Waals surface area contributed by atoms with Crippen LogP contribution in [0.25, 0.3) is 0 Å². The van der Waals surface area contributed by atoms with Crippen molar-refractivity contribution in [2.45, 2.75) is 0 Å². The van der Waals surface area contributed by atoms with Crippen LogP contribution in [0.3, 0.4) is 0 Å². The first kappa shape index (κ1) is 9.89. The molecule has 0 bridgehead atoms. The van der Waals surface area contributed by atoms with Crippen molar-refractivity contribution < 1.29 is 22.1 Å². The Morgan fingerprint density at radius 2 is 1.62 bits per heavy atom. The highest BCUT2D eigenvalue weighted by molar-refractivity contribution is 6.58. The van der Waals surface area contributed by atoms with E-state index in [0.29, 0.717) is 0 Å². The third-order valence-electron chi connectivity index (χ3n) is 1.25. The molecule has 0 spiro atoms. The SMILES string of the molecule is Fc1ccc(OC[B-](F)(F)F)cc1. The highest BCUT2D eigenvalue weighted by Gasteiger charge is 2.23. The zero-order valence-corrected chi connectivity index (χ0v) is 6.51. The molecule has 1 aromatic rings. The van der Waals surface area contributed by atoms with Gasteiger partial charge in [-0.15, -0.1) is 0 Å². The van der Waals surface area contributed by atoms with Gasteiger partial charge in [-0.3, -0.25) is 0 Å². The van der Waals surface area contributed by atoms with Gasteiger partial charge in [-0.1, -0.05) is 0 Å². The second kappa shape index (κ2) is 3.68. The van der Waals surface area contributed by atoms with Gasteiger partial charge in [-0.2, -0.15) is 0 Å². The Hall–Kier alpha value is -1.20. The normalized spacial score (nSPS) is 11.4. The maximum absolute atomic E-state index is 12.3. The molecule has 0 saturated heterocycles. The molecule has 0 aliphatic carbocycles. The number of halogens is 4. The van der Waals surface area contributed by atoms with Gasteiger partial charge in [0.1, 0.15) is 11.6 Å². The predicted molar refractivity (Wildman–Crippen MR) is 41.0 cm³/mol. The summed E-state index contributed by atoms with van der Waals surface area (Å²) in [5, 5.41) is 0. The largest absolute Gasteiger partial charge is 0.522 e. The van der Waals surface area contributed by atoms with Crippen LogP contribution in [0.2, 0.25) is 0 Å². The number of hydrogen-bond acceptors (Lipinski definition) is 1. The van der Waals surface area contributed by atoms with E-state index >= 15 is 0 Å². The van der Waals surface area contributed by atoms with E-state index in [1.54, 1.807) is 0 Å². The van der Waals surface area contributed by atoms with Gasteiger partial charge in [-0.05, 0) is 24.3 Å². The molecule has 6 heteroatoms. The van der Waals surface area contributed by atoms with Crippen molar-refractivity contribution in [3.63, 3.8) is 0 Å². The molecule has 0 aliphatic heterocycles. The van der Waals surface area contributed by atoms with Crippen molar-refractivity contribution in [2.24, 2.45) is 0 Å². The van der Waals surface area contributed by atoms with E-state index in [0.717, 1.165) is 24.3 Å². The van der Waals surface area contributed by atoms with E-state index < -0.39 is 19.3 Å². The molecule has 72 valence electrons. The van der Waals surface area contributed by atoms with E-state index in [9.17, 15) is 17.3 Å². The van der Waals surface area contributed by atoms with Crippen molar-refractivity contribution >= 4 is 6.98 Å². The second-order valence-corrected chi connectivity index (χ2v) is 2.48. The minimum absolute atomic E-state index is 0.0144. The average molecular weight is 193 g/mol. The first-order valence-electron chi connectivity index (χ1n) is 3.57. The molecule has 0 radical (unpaired) electrons.